The summed E-state index contributed by atoms with van der Waals surface area (Å²) < 4.78 is 0. The van der Waals surface area contributed by atoms with Crippen molar-refractivity contribution in [1.29, 1.82) is 5.26 Å². The van der Waals surface area contributed by atoms with Gasteiger partial charge in [-0.1, -0.05) is 12.1 Å². The van der Waals surface area contributed by atoms with E-state index in [1.807, 2.05) is 19.1 Å². The molecular weight excluding hydrogens is 214 g/mol. The Morgan fingerprint density at radius 3 is 3.06 bits per heavy atom. The van der Waals surface area contributed by atoms with E-state index in [0.717, 1.165) is 24.2 Å². The number of carbonyl (C=O) groups is 1. The predicted molar refractivity (Wildman–Crippen MR) is 65.7 cm³/mol. The summed E-state index contributed by atoms with van der Waals surface area (Å²) in [6, 6.07) is 7.70. The molecule has 0 bridgehead atoms. The van der Waals surface area contributed by atoms with Gasteiger partial charge in [-0.2, -0.15) is 5.26 Å². The molecule has 1 aromatic rings. The van der Waals surface area contributed by atoms with Gasteiger partial charge in [-0.15, -0.1) is 0 Å². The number of nitrogens with one attached hydrogen (secondary N) is 1. The maximum atomic E-state index is 12.0. The number of aryl methyl sites for hydroxylation is 1. The summed E-state index contributed by atoms with van der Waals surface area (Å²) in [6.07, 6.45) is 0.908. The van der Waals surface area contributed by atoms with Gasteiger partial charge in [0.15, 0.2) is 0 Å². The lowest BCUT2D eigenvalue weighted by Gasteiger charge is -2.23. The van der Waals surface area contributed by atoms with Crippen LogP contribution >= 0.6 is 0 Å². The molecular formula is C13H15N3O. The summed E-state index contributed by atoms with van der Waals surface area (Å²) in [7, 11) is 0. The fourth-order valence-corrected chi connectivity index (χ4v) is 2.12. The van der Waals surface area contributed by atoms with E-state index in [0.29, 0.717) is 18.7 Å². The van der Waals surface area contributed by atoms with Crippen molar-refractivity contribution in [2.45, 2.75) is 13.3 Å². The normalized spacial score (nSPS) is 16.5. The molecule has 4 nitrogen and oxygen atoms in total. The monoisotopic (exact) mass is 229 g/mol. The van der Waals surface area contributed by atoms with Crippen LogP contribution in [0, 0.1) is 18.3 Å². The van der Waals surface area contributed by atoms with E-state index in [4.69, 9.17) is 5.26 Å². The minimum absolute atomic E-state index is 0.0355. The van der Waals surface area contributed by atoms with Gasteiger partial charge in [0.2, 0.25) is 5.91 Å². The highest BCUT2D eigenvalue weighted by Crippen LogP contribution is 2.25. The topological polar surface area (TPSA) is 56.1 Å². The summed E-state index contributed by atoms with van der Waals surface area (Å²) in [5.74, 6) is 0.0355. The number of para-hydroxylation sites is 1. The highest BCUT2D eigenvalue weighted by atomic mass is 16.2. The van der Waals surface area contributed by atoms with Crippen molar-refractivity contribution < 1.29 is 4.79 Å². The molecule has 1 aliphatic rings. The lowest BCUT2D eigenvalue weighted by Crippen LogP contribution is -2.35. The number of nitriles is 1. The Kier molecular flexibility index (Phi) is 3.40. The third-order valence-electron chi connectivity index (χ3n) is 2.94. The molecule has 1 saturated heterocycles. The summed E-state index contributed by atoms with van der Waals surface area (Å²) in [6.45, 7) is 3.79. The van der Waals surface area contributed by atoms with Crippen LogP contribution in [0.25, 0.3) is 0 Å². The molecule has 1 fully saturated rings. The van der Waals surface area contributed by atoms with Gasteiger partial charge in [-0.25, -0.2) is 0 Å². The molecule has 1 heterocycles. The van der Waals surface area contributed by atoms with Crippen molar-refractivity contribution in [3.8, 4) is 6.07 Å². The second-order valence-corrected chi connectivity index (χ2v) is 4.16. The molecule has 1 amide bonds. The van der Waals surface area contributed by atoms with Crippen LogP contribution in [0.4, 0.5) is 5.69 Å². The van der Waals surface area contributed by atoms with Crippen LogP contribution < -0.4 is 10.2 Å². The fourth-order valence-electron chi connectivity index (χ4n) is 2.12. The third-order valence-corrected chi connectivity index (χ3v) is 2.94. The summed E-state index contributed by atoms with van der Waals surface area (Å²) in [4.78, 5) is 13.7. The zero-order chi connectivity index (χ0) is 12.3. The van der Waals surface area contributed by atoms with E-state index >= 15 is 0 Å². The fraction of sp³-hybridized carbons (Fsp3) is 0.385. The number of amides is 1. The first kappa shape index (κ1) is 11.6. The van der Waals surface area contributed by atoms with Gasteiger partial charge in [0.05, 0.1) is 17.8 Å². The first-order valence-electron chi connectivity index (χ1n) is 5.75. The molecule has 0 aromatic heterocycles. The number of nitrogens with zero attached hydrogens (tertiary/aromatic N) is 2. The van der Waals surface area contributed by atoms with E-state index in [9.17, 15) is 4.79 Å². The zero-order valence-electron chi connectivity index (χ0n) is 9.86. The van der Waals surface area contributed by atoms with Crippen molar-refractivity contribution >= 4 is 11.6 Å². The molecule has 1 aromatic carbocycles. The Bertz CT molecular complexity index is 476. The Hall–Kier alpha value is -1.86. The van der Waals surface area contributed by atoms with Gasteiger partial charge in [-0.3, -0.25) is 4.79 Å². The number of carbonyl (C=O) groups excluding carboxylic acids is 1. The van der Waals surface area contributed by atoms with E-state index in [1.54, 1.807) is 11.0 Å². The quantitative estimate of drug-likeness (QED) is 0.787. The molecule has 2 rings (SSSR count). The molecule has 17 heavy (non-hydrogen) atoms. The van der Waals surface area contributed by atoms with Gasteiger partial charge < -0.3 is 10.2 Å². The van der Waals surface area contributed by atoms with Gasteiger partial charge >= 0.3 is 0 Å². The minimum atomic E-state index is 0.0355. The Labute approximate surface area is 101 Å². The minimum Gasteiger partial charge on any atom is -0.310 e. The number of hydrogen-bond donors (Lipinski definition) is 1. The molecule has 88 valence electrons. The average molecular weight is 229 g/mol. The molecule has 0 aliphatic carbocycles. The maximum absolute atomic E-state index is 12.0. The number of benzene rings is 1. The van der Waals surface area contributed by atoms with Crippen molar-refractivity contribution in [3.63, 3.8) is 0 Å². The first-order chi connectivity index (χ1) is 8.24. The number of rotatable bonds is 1. The standard InChI is InChI=1S/C13H15N3O/c1-10-4-2-5-11(8-14)13(10)16-7-3-6-15-9-12(16)17/h2,4-5,15H,3,6-7,9H2,1H3. The van der Waals surface area contributed by atoms with Crippen molar-refractivity contribution in [3.05, 3.63) is 29.3 Å². The summed E-state index contributed by atoms with van der Waals surface area (Å²) in [5.41, 5.74) is 2.31. The molecule has 1 aliphatic heterocycles. The van der Waals surface area contributed by atoms with Crippen LogP contribution in [0.15, 0.2) is 18.2 Å². The molecule has 0 radical (unpaired) electrons. The Morgan fingerprint density at radius 1 is 1.47 bits per heavy atom. The third kappa shape index (κ3) is 2.29. The van der Waals surface area contributed by atoms with Gasteiger partial charge in [-0.05, 0) is 31.5 Å². The van der Waals surface area contributed by atoms with Crippen LogP contribution in [0.1, 0.15) is 17.5 Å². The molecule has 0 saturated carbocycles. The van der Waals surface area contributed by atoms with Gasteiger partial charge in [0.1, 0.15) is 6.07 Å². The van der Waals surface area contributed by atoms with Crippen molar-refractivity contribution in [1.82, 2.24) is 5.32 Å². The highest BCUT2D eigenvalue weighted by Gasteiger charge is 2.21. The van der Waals surface area contributed by atoms with E-state index in [-0.39, 0.29) is 5.91 Å². The van der Waals surface area contributed by atoms with Crippen LogP contribution in [-0.4, -0.2) is 25.5 Å². The van der Waals surface area contributed by atoms with Crippen molar-refractivity contribution in [2.75, 3.05) is 24.5 Å². The van der Waals surface area contributed by atoms with Crippen LogP contribution in [0.5, 0.6) is 0 Å². The largest absolute Gasteiger partial charge is 0.310 e. The Morgan fingerprint density at radius 2 is 2.29 bits per heavy atom. The van der Waals surface area contributed by atoms with Gasteiger partial charge in [0, 0.05) is 6.54 Å². The second kappa shape index (κ2) is 4.98. The molecule has 4 heteroatoms. The second-order valence-electron chi connectivity index (χ2n) is 4.16. The molecule has 0 unspecified atom stereocenters. The number of anilines is 1. The zero-order valence-corrected chi connectivity index (χ0v) is 9.86. The van der Waals surface area contributed by atoms with Crippen molar-refractivity contribution in [2.24, 2.45) is 0 Å². The highest BCUT2D eigenvalue weighted by molar-refractivity contribution is 5.97. The van der Waals surface area contributed by atoms with Crippen LogP contribution in [-0.2, 0) is 4.79 Å². The smallest absolute Gasteiger partial charge is 0.240 e. The lowest BCUT2D eigenvalue weighted by atomic mass is 10.1. The summed E-state index contributed by atoms with van der Waals surface area (Å²) in [5, 5.41) is 12.2. The van der Waals surface area contributed by atoms with Crippen LogP contribution in [0.2, 0.25) is 0 Å². The van der Waals surface area contributed by atoms with Gasteiger partial charge in [0.25, 0.3) is 0 Å². The molecule has 0 spiro atoms. The lowest BCUT2D eigenvalue weighted by molar-refractivity contribution is -0.117. The maximum Gasteiger partial charge on any atom is 0.240 e. The van der Waals surface area contributed by atoms with E-state index < -0.39 is 0 Å². The summed E-state index contributed by atoms with van der Waals surface area (Å²) >= 11 is 0. The van der Waals surface area contributed by atoms with Crippen LogP contribution in [0.3, 0.4) is 0 Å². The van der Waals surface area contributed by atoms with E-state index in [1.165, 1.54) is 0 Å². The number of hydrogen-bond acceptors (Lipinski definition) is 3. The van der Waals surface area contributed by atoms with E-state index in [2.05, 4.69) is 11.4 Å². The molecule has 0 atom stereocenters. The first-order valence-corrected chi connectivity index (χ1v) is 5.75. The SMILES string of the molecule is Cc1cccc(C#N)c1N1CCCNCC1=O. The Balaban J connectivity index is 2.44. The molecule has 1 N–H and O–H groups in total. The average Bonchev–Trinajstić information content (AvgIpc) is 2.54. The predicted octanol–water partition coefficient (Wildman–Crippen LogP) is 1.19.